The molecule has 0 radical (unpaired) electrons. The lowest BCUT2D eigenvalue weighted by Crippen LogP contribution is -2.35. The van der Waals surface area contributed by atoms with Crippen LogP contribution in [0.15, 0.2) is 0 Å². The molecule has 0 aliphatic carbocycles. The highest BCUT2D eigenvalue weighted by Crippen LogP contribution is 2.22. The van der Waals surface area contributed by atoms with Gasteiger partial charge in [0.15, 0.2) is 6.29 Å². The van der Waals surface area contributed by atoms with E-state index < -0.39 is 0 Å². The Balaban J connectivity index is 1.60. The van der Waals surface area contributed by atoms with Crippen LogP contribution in [0.2, 0.25) is 0 Å². The summed E-state index contributed by atoms with van der Waals surface area (Å²) in [4.78, 5) is 0. The Hall–Kier alpha value is -0.160. The van der Waals surface area contributed by atoms with Crippen LogP contribution in [-0.4, -0.2) is 44.4 Å². The van der Waals surface area contributed by atoms with Crippen molar-refractivity contribution in [2.24, 2.45) is 0 Å². The second-order valence-electron chi connectivity index (χ2n) is 5.03. The first kappa shape index (κ1) is 13.3. The van der Waals surface area contributed by atoms with Gasteiger partial charge in [0.25, 0.3) is 0 Å². The molecule has 2 fully saturated rings. The lowest BCUT2D eigenvalue weighted by atomic mass is 10.0. The maximum atomic E-state index is 5.89. The second kappa shape index (κ2) is 6.69. The van der Waals surface area contributed by atoms with E-state index in [1.54, 1.807) is 0 Å². The fourth-order valence-corrected chi connectivity index (χ4v) is 2.51. The first-order valence-corrected chi connectivity index (χ1v) is 6.74. The molecule has 2 atom stereocenters. The van der Waals surface area contributed by atoms with Gasteiger partial charge in [0.2, 0.25) is 0 Å². The summed E-state index contributed by atoms with van der Waals surface area (Å²) in [5.74, 6) is 0. The third-order valence-electron chi connectivity index (χ3n) is 3.26. The van der Waals surface area contributed by atoms with Crippen molar-refractivity contribution < 1.29 is 18.9 Å². The second-order valence-corrected chi connectivity index (χ2v) is 5.03. The van der Waals surface area contributed by atoms with Gasteiger partial charge in [-0.25, -0.2) is 0 Å². The molecule has 2 rings (SSSR count). The molecular weight excluding hydrogens is 220 g/mol. The Bertz CT molecular complexity index is 205. The van der Waals surface area contributed by atoms with Gasteiger partial charge in [0.05, 0.1) is 38.1 Å². The third-order valence-corrected chi connectivity index (χ3v) is 3.26. The van der Waals surface area contributed by atoms with Gasteiger partial charge in [0.1, 0.15) is 0 Å². The highest BCUT2D eigenvalue weighted by atomic mass is 16.7. The van der Waals surface area contributed by atoms with Crippen LogP contribution in [0.25, 0.3) is 0 Å². The van der Waals surface area contributed by atoms with E-state index >= 15 is 0 Å². The van der Waals surface area contributed by atoms with Crippen LogP contribution in [0.1, 0.15) is 39.5 Å². The van der Waals surface area contributed by atoms with Crippen molar-refractivity contribution in [3.63, 3.8) is 0 Å². The van der Waals surface area contributed by atoms with E-state index in [0.717, 1.165) is 45.5 Å². The fraction of sp³-hybridized carbons (Fsp3) is 1.00. The molecule has 0 aromatic carbocycles. The lowest BCUT2D eigenvalue weighted by molar-refractivity contribution is -0.190. The van der Waals surface area contributed by atoms with E-state index in [4.69, 9.17) is 18.9 Å². The van der Waals surface area contributed by atoms with E-state index in [1.165, 1.54) is 0 Å². The average molecular weight is 244 g/mol. The highest BCUT2D eigenvalue weighted by Gasteiger charge is 2.25. The van der Waals surface area contributed by atoms with E-state index in [2.05, 4.69) is 13.8 Å². The topological polar surface area (TPSA) is 36.9 Å². The van der Waals surface area contributed by atoms with Gasteiger partial charge in [-0.3, -0.25) is 0 Å². The summed E-state index contributed by atoms with van der Waals surface area (Å²) < 4.78 is 22.5. The SMILES string of the molecule is CC1CC(OCCC2OCCCO2)CC(C)O1. The van der Waals surface area contributed by atoms with Crippen molar-refractivity contribution in [1.82, 2.24) is 0 Å². The number of hydrogen-bond donors (Lipinski definition) is 0. The molecule has 0 bridgehead atoms. The van der Waals surface area contributed by atoms with Crippen LogP contribution in [0.5, 0.6) is 0 Å². The van der Waals surface area contributed by atoms with Crippen LogP contribution in [0, 0.1) is 0 Å². The third kappa shape index (κ3) is 4.54. The first-order valence-electron chi connectivity index (χ1n) is 6.74. The van der Waals surface area contributed by atoms with E-state index in [9.17, 15) is 0 Å². The minimum Gasteiger partial charge on any atom is -0.378 e. The maximum absolute atomic E-state index is 5.89. The van der Waals surface area contributed by atoms with Crippen molar-refractivity contribution in [3.8, 4) is 0 Å². The summed E-state index contributed by atoms with van der Waals surface area (Å²) in [6.45, 7) is 6.57. The van der Waals surface area contributed by atoms with Crippen molar-refractivity contribution in [2.45, 2.75) is 64.1 Å². The van der Waals surface area contributed by atoms with E-state index in [-0.39, 0.29) is 6.29 Å². The first-order chi connectivity index (χ1) is 8.24. The largest absolute Gasteiger partial charge is 0.378 e. The molecule has 100 valence electrons. The van der Waals surface area contributed by atoms with E-state index in [1.807, 2.05) is 0 Å². The Morgan fingerprint density at radius 2 is 1.71 bits per heavy atom. The van der Waals surface area contributed by atoms with Gasteiger partial charge >= 0.3 is 0 Å². The zero-order valence-electron chi connectivity index (χ0n) is 10.9. The minimum atomic E-state index is -0.0570. The summed E-state index contributed by atoms with van der Waals surface area (Å²) in [5.41, 5.74) is 0. The fourth-order valence-electron chi connectivity index (χ4n) is 2.51. The predicted molar refractivity (Wildman–Crippen MR) is 63.9 cm³/mol. The van der Waals surface area contributed by atoms with E-state index in [0.29, 0.717) is 18.3 Å². The molecule has 17 heavy (non-hydrogen) atoms. The molecule has 4 nitrogen and oxygen atoms in total. The minimum absolute atomic E-state index is 0.0570. The highest BCUT2D eigenvalue weighted by molar-refractivity contribution is 4.73. The van der Waals surface area contributed by atoms with Crippen LogP contribution >= 0.6 is 0 Å². The van der Waals surface area contributed by atoms with Gasteiger partial charge in [-0.15, -0.1) is 0 Å². The number of ether oxygens (including phenoxy) is 4. The van der Waals surface area contributed by atoms with Gasteiger partial charge in [-0.05, 0) is 33.1 Å². The van der Waals surface area contributed by atoms with Crippen LogP contribution in [0.3, 0.4) is 0 Å². The van der Waals surface area contributed by atoms with Crippen LogP contribution < -0.4 is 0 Å². The van der Waals surface area contributed by atoms with Crippen LogP contribution in [-0.2, 0) is 18.9 Å². The van der Waals surface area contributed by atoms with Crippen molar-refractivity contribution in [1.29, 1.82) is 0 Å². The normalized spacial score (nSPS) is 36.0. The summed E-state index contributed by atoms with van der Waals surface area (Å²) in [6, 6.07) is 0. The Morgan fingerprint density at radius 1 is 1.06 bits per heavy atom. The Morgan fingerprint density at radius 3 is 2.35 bits per heavy atom. The van der Waals surface area contributed by atoms with Crippen molar-refractivity contribution >= 4 is 0 Å². The van der Waals surface area contributed by atoms with Crippen molar-refractivity contribution in [3.05, 3.63) is 0 Å². The molecular formula is C13H24O4. The molecule has 2 heterocycles. The summed E-state index contributed by atoms with van der Waals surface area (Å²) in [6.07, 6.45) is 4.73. The van der Waals surface area contributed by atoms with Gasteiger partial charge < -0.3 is 18.9 Å². The molecule has 0 spiro atoms. The van der Waals surface area contributed by atoms with Crippen LogP contribution in [0.4, 0.5) is 0 Å². The zero-order chi connectivity index (χ0) is 12.1. The predicted octanol–water partition coefficient (Wildman–Crippen LogP) is 2.11. The lowest BCUT2D eigenvalue weighted by Gasteiger charge is -2.32. The molecule has 0 saturated carbocycles. The maximum Gasteiger partial charge on any atom is 0.159 e. The molecule has 0 amide bonds. The molecule has 0 aromatic rings. The quantitative estimate of drug-likeness (QED) is 0.759. The summed E-state index contributed by atoms with van der Waals surface area (Å²) >= 11 is 0. The monoisotopic (exact) mass is 244 g/mol. The van der Waals surface area contributed by atoms with Crippen molar-refractivity contribution in [2.75, 3.05) is 19.8 Å². The van der Waals surface area contributed by atoms with Gasteiger partial charge in [-0.2, -0.15) is 0 Å². The smallest absolute Gasteiger partial charge is 0.159 e. The summed E-state index contributed by atoms with van der Waals surface area (Å²) in [7, 11) is 0. The molecule has 4 heteroatoms. The zero-order valence-corrected chi connectivity index (χ0v) is 10.9. The average Bonchev–Trinajstić information content (AvgIpc) is 2.29. The number of rotatable bonds is 4. The van der Waals surface area contributed by atoms with Gasteiger partial charge in [-0.1, -0.05) is 0 Å². The Kier molecular flexibility index (Phi) is 5.22. The molecule has 2 aliphatic heterocycles. The molecule has 0 aromatic heterocycles. The molecule has 2 saturated heterocycles. The molecule has 0 N–H and O–H groups in total. The standard InChI is InChI=1S/C13H24O4/c1-10-8-12(9-11(2)17-10)14-7-4-13-15-5-3-6-16-13/h10-13H,3-9H2,1-2H3. The molecule has 2 aliphatic rings. The number of hydrogen-bond acceptors (Lipinski definition) is 4. The molecule has 2 unspecified atom stereocenters. The van der Waals surface area contributed by atoms with Gasteiger partial charge in [0, 0.05) is 6.42 Å². The summed E-state index contributed by atoms with van der Waals surface area (Å²) in [5, 5.41) is 0. The Labute approximate surface area is 104 Å².